The van der Waals surface area contributed by atoms with E-state index in [1.165, 1.54) is 10.4 Å². The number of amides is 1. The first-order valence-corrected chi connectivity index (χ1v) is 9.09. The number of aryl methyl sites for hydroxylation is 1. The summed E-state index contributed by atoms with van der Waals surface area (Å²) in [7, 11) is 0. The van der Waals surface area contributed by atoms with E-state index in [0.717, 1.165) is 32.5 Å². The second-order valence-electron chi connectivity index (χ2n) is 6.13. The van der Waals surface area contributed by atoms with Gasteiger partial charge in [0.15, 0.2) is 0 Å². The van der Waals surface area contributed by atoms with Crippen LogP contribution in [0.15, 0.2) is 47.8 Å². The van der Waals surface area contributed by atoms with Crippen LogP contribution in [0.3, 0.4) is 0 Å². The summed E-state index contributed by atoms with van der Waals surface area (Å²) in [6.07, 6.45) is 3.29. The number of thiophene rings is 1. The van der Waals surface area contributed by atoms with Crippen LogP contribution in [0.4, 0.5) is 0 Å². The van der Waals surface area contributed by atoms with Crippen LogP contribution >= 0.6 is 11.3 Å². The molecule has 0 bridgehead atoms. The van der Waals surface area contributed by atoms with Gasteiger partial charge in [-0.15, -0.1) is 11.3 Å². The number of benzene rings is 1. The molecule has 1 N–H and O–H groups in total. The van der Waals surface area contributed by atoms with Gasteiger partial charge in [0, 0.05) is 36.5 Å². The summed E-state index contributed by atoms with van der Waals surface area (Å²) in [6, 6.07) is 14.4. The first-order valence-electron chi connectivity index (χ1n) is 8.21. The molecule has 122 valence electrons. The zero-order chi connectivity index (χ0) is 16.0. The van der Waals surface area contributed by atoms with Crippen LogP contribution < -0.4 is 5.32 Å². The van der Waals surface area contributed by atoms with E-state index in [1.54, 1.807) is 11.3 Å². The van der Waals surface area contributed by atoms with E-state index >= 15 is 0 Å². The number of hydrogen-bond donors (Lipinski definition) is 1. The smallest absolute Gasteiger partial charge is 0.220 e. The SMILES string of the molecule is O=C(CCc1ccccc1)NCC1(c2cccs2)CCOCC1. The molecule has 1 aromatic heterocycles. The van der Waals surface area contributed by atoms with E-state index in [-0.39, 0.29) is 11.3 Å². The molecule has 1 saturated heterocycles. The van der Waals surface area contributed by atoms with E-state index < -0.39 is 0 Å². The summed E-state index contributed by atoms with van der Waals surface area (Å²) < 4.78 is 5.53. The summed E-state index contributed by atoms with van der Waals surface area (Å²) in [5.74, 6) is 0.135. The molecule has 3 rings (SSSR count). The topological polar surface area (TPSA) is 38.3 Å². The third kappa shape index (κ3) is 4.21. The predicted octanol–water partition coefficient (Wildman–Crippen LogP) is 3.55. The minimum atomic E-state index is 0.0504. The summed E-state index contributed by atoms with van der Waals surface area (Å²) in [5.41, 5.74) is 1.26. The molecule has 0 atom stereocenters. The molecule has 1 aliphatic heterocycles. The Kier molecular flexibility index (Phi) is 5.47. The van der Waals surface area contributed by atoms with Gasteiger partial charge in [-0.25, -0.2) is 0 Å². The largest absolute Gasteiger partial charge is 0.381 e. The molecule has 23 heavy (non-hydrogen) atoms. The fourth-order valence-electron chi connectivity index (χ4n) is 3.11. The average molecular weight is 329 g/mol. The number of carbonyl (C=O) groups is 1. The fraction of sp³-hybridized carbons (Fsp3) is 0.421. The van der Waals surface area contributed by atoms with Gasteiger partial charge in [0.2, 0.25) is 5.91 Å². The quantitative estimate of drug-likeness (QED) is 0.880. The molecule has 3 nitrogen and oxygen atoms in total. The number of hydrogen-bond acceptors (Lipinski definition) is 3. The lowest BCUT2D eigenvalue weighted by Gasteiger charge is -2.36. The lowest BCUT2D eigenvalue weighted by Crippen LogP contribution is -2.44. The van der Waals surface area contributed by atoms with Crippen molar-refractivity contribution in [2.75, 3.05) is 19.8 Å². The lowest BCUT2D eigenvalue weighted by atomic mass is 9.78. The highest BCUT2D eigenvalue weighted by molar-refractivity contribution is 7.10. The number of rotatable bonds is 6. The Balaban J connectivity index is 1.55. The van der Waals surface area contributed by atoms with Crippen LogP contribution in [-0.4, -0.2) is 25.7 Å². The zero-order valence-electron chi connectivity index (χ0n) is 13.3. The van der Waals surface area contributed by atoms with Gasteiger partial charge in [-0.3, -0.25) is 4.79 Å². The second-order valence-corrected chi connectivity index (χ2v) is 7.08. The maximum absolute atomic E-state index is 12.2. The van der Waals surface area contributed by atoms with Crippen molar-refractivity contribution in [1.29, 1.82) is 0 Å². The van der Waals surface area contributed by atoms with Crippen molar-refractivity contribution in [3.05, 3.63) is 58.3 Å². The highest BCUT2D eigenvalue weighted by atomic mass is 32.1. The summed E-state index contributed by atoms with van der Waals surface area (Å²) in [4.78, 5) is 13.6. The first kappa shape index (κ1) is 16.2. The first-order chi connectivity index (χ1) is 11.3. The molecule has 2 aromatic rings. The molecule has 4 heteroatoms. The van der Waals surface area contributed by atoms with Crippen molar-refractivity contribution < 1.29 is 9.53 Å². The molecule has 0 saturated carbocycles. The van der Waals surface area contributed by atoms with Crippen LogP contribution in [0.25, 0.3) is 0 Å². The molecule has 1 fully saturated rings. The molecular formula is C19H23NO2S. The molecule has 1 aliphatic rings. The van der Waals surface area contributed by atoms with Crippen molar-refractivity contribution in [3.63, 3.8) is 0 Å². The minimum Gasteiger partial charge on any atom is -0.381 e. The third-order valence-corrected chi connectivity index (χ3v) is 5.72. The fourth-order valence-corrected chi connectivity index (χ4v) is 4.10. The van der Waals surface area contributed by atoms with Gasteiger partial charge in [-0.2, -0.15) is 0 Å². The Bertz CT molecular complexity index is 604. The van der Waals surface area contributed by atoms with Gasteiger partial charge < -0.3 is 10.1 Å². The Morgan fingerprint density at radius 1 is 1.13 bits per heavy atom. The van der Waals surface area contributed by atoms with Crippen molar-refractivity contribution in [1.82, 2.24) is 5.32 Å². The van der Waals surface area contributed by atoms with Crippen LogP contribution in [0.5, 0.6) is 0 Å². The second kappa shape index (κ2) is 7.75. The van der Waals surface area contributed by atoms with Crippen LogP contribution in [0, 0.1) is 0 Å². The molecule has 0 radical (unpaired) electrons. The Morgan fingerprint density at radius 2 is 1.91 bits per heavy atom. The average Bonchev–Trinajstić information content (AvgIpc) is 3.15. The normalized spacial score (nSPS) is 16.9. The van der Waals surface area contributed by atoms with Gasteiger partial charge in [-0.05, 0) is 36.3 Å². The Morgan fingerprint density at radius 3 is 2.61 bits per heavy atom. The van der Waals surface area contributed by atoms with Crippen molar-refractivity contribution >= 4 is 17.2 Å². The minimum absolute atomic E-state index is 0.0504. The lowest BCUT2D eigenvalue weighted by molar-refractivity contribution is -0.121. The van der Waals surface area contributed by atoms with Crippen molar-refractivity contribution in [2.45, 2.75) is 31.1 Å². The van der Waals surface area contributed by atoms with E-state index in [9.17, 15) is 4.79 Å². The van der Waals surface area contributed by atoms with Gasteiger partial charge in [0.25, 0.3) is 0 Å². The summed E-state index contributed by atoms with van der Waals surface area (Å²) in [5, 5.41) is 5.28. The van der Waals surface area contributed by atoms with Crippen molar-refractivity contribution in [3.8, 4) is 0 Å². The maximum atomic E-state index is 12.2. The molecule has 2 heterocycles. The van der Waals surface area contributed by atoms with Gasteiger partial charge in [0.05, 0.1) is 0 Å². The zero-order valence-corrected chi connectivity index (χ0v) is 14.1. The maximum Gasteiger partial charge on any atom is 0.220 e. The number of carbonyl (C=O) groups excluding carboxylic acids is 1. The van der Waals surface area contributed by atoms with Crippen LogP contribution in [0.2, 0.25) is 0 Å². The van der Waals surface area contributed by atoms with E-state index in [1.807, 2.05) is 18.2 Å². The van der Waals surface area contributed by atoms with Gasteiger partial charge >= 0.3 is 0 Å². The van der Waals surface area contributed by atoms with Crippen LogP contribution in [0.1, 0.15) is 29.7 Å². The van der Waals surface area contributed by atoms with Gasteiger partial charge in [-0.1, -0.05) is 36.4 Å². The van der Waals surface area contributed by atoms with Gasteiger partial charge in [0.1, 0.15) is 0 Å². The summed E-state index contributed by atoms with van der Waals surface area (Å²) >= 11 is 1.78. The number of nitrogens with one attached hydrogen (secondary N) is 1. The van der Waals surface area contributed by atoms with E-state index in [0.29, 0.717) is 13.0 Å². The highest BCUT2D eigenvalue weighted by Crippen LogP contribution is 2.36. The van der Waals surface area contributed by atoms with E-state index in [2.05, 4.69) is 35.0 Å². The molecule has 0 aliphatic carbocycles. The van der Waals surface area contributed by atoms with E-state index in [4.69, 9.17) is 4.74 Å². The molecule has 0 unspecified atom stereocenters. The monoisotopic (exact) mass is 329 g/mol. The molecule has 0 spiro atoms. The number of ether oxygens (including phenoxy) is 1. The van der Waals surface area contributed by atoms with Crippen LogP contribution in [-0.2, 0) is 21.4 Å². The van der Waals surface area contributed by atoms with Crippen molar-refractivity contribution in [2.24, 2.45) is 0 Å². The molecule has 1 amide bonds. The summed E-state index contributed by atoms with van der Waals surface area (Å²) in [6.45, 7) is 2.26. The standard InChI is InChI=1S/C19H23NO2S/c21-18(9-8-16-5-2-1-3-6-16)20-15-19(10-12-22-13-11-19)17-7-4-14-23-17/h1-7,14H,8-13,15H2,(H,20,21). The Labute approximate surface area is 141 Å². The Hall–Kier alpha value is -1.65. The molecular weight excluding hydrogens is 306 g/mol. The molecule has 1 aromatic carbocycles. The third-order valence-electron chi connectivity index (χ3n) is 4.60. The predicted molar refractivity (Wildman–Crippen MR) is 93.8 cm³/mol. The highest BCUT2D eigenvalue weighted by Gasteiger charge is 2.35.